The number of aromatic amines is 4. The normalized spacial score (nSPS) is 16.9. The summed E-state index contributed by atoms with van der Waals surface area (Å²) in [5.74, 6) is 2.81. The van der Waals surface area contributed by atoms with E-state index in [1.54, 1.807) is 51.8 Å². The molecule has 5 aliphatic rings. The predicted molar refractivity (Wildman–Crippen MR) is 511 cm³/mol. The summed E-state index contributed by atoms with van der Waals surface area (Å²) in [6.45, 7) is 15.7. The van der Waals surface area contributed by atoms with Crippen LogP contribution in [0.5, 0.6) is 23.0 Å². The highest BCUT2D eigenvalue weighted by atomic mass is 35.5. The van der Waals surface area contributed by atoms with Crippen LogP contribution in [-0.4, -0.2) is 229 Å². The fourth-order valence-corrected chi connectivity index (χ4v) is 19.0. The number of benzene rings is 9. The molecule has 4 amide bonds. The SMILES string of the molecule is C=COC(=O)N1CCc2c([nH]c3ccc(Cl)cc23)C1c1ccc(OC)cc1.CCOC(=O)N1CCc2c([nH]c3ccc(Cl)cc23)C1c1ccc(OCC(O)CN2CCN(CCO)CC2)cc1.CCOC(=O)N1CCc2c([nH]c3ccc(Cl)cc23)C1c1ccc(OCC(O)Cn2cncn2)cc1.COc1ccc(C2c3[nH]c4ccc(Cl)cc4c3CCN2C(=O)OCc2ccccc2)cc1. The first-order chi connectivity index (χ1) is 64.7. The predicted octanol–water partition coefficient (Wildman–Crippen LogP) is 18.4. The van der Waals surface area contributed by atoms with Gasteiger partial charge in [0.25, 0.3) is 0 Å². The van der Waals surface area contributed by atoms with Gasteiger partial charge in [-0.25, -0.2) is 24.2 Å². The Balaban J connectivity index is 0.000000130. The van der Waals surface area contributed by atoms with Crippen molar-refractivity contribution in [2.75, 3.05) is 113 Å². The minimum absolute atomic E-state index is 0.116. The highest BCUT2D eigenvalue weighted by Gasteiger charge is 2.41. The molecule has 1 fully saturated rings. The first-order valence-electron chi connectivity index (χ1n) is 44.4. The van der Waals surface area contributed by atoms with Crippen molar-refractivity contribution < 1.29 is 72.4 Å². The lowest BCUT2D eigenvalue weighted by Crippen LogP contribution is -2.49. The molecular weight excluding hydrogens is 1780 g/mol. The summed E-state index contributed by atoms with van der Waals surface area (Å²) in [7, 11) is 3.27. The standard InChI is InChI=1S/C29H37ClN4O5.C26H23ClN2O3.C25H26ClN5O4.C21H19ClN2O3/c1-2-38-29(37)34-10-9-24-25-17-21(30)5-8-26(25)31-27(24)28(34)20-3-6-23(7-4-20)39-19-22(36)18-33-13-11-32(12-14-33)15-16-35;1-31-20-10-7-18(8-11-20)25-24-21(22-15-19(27)9-12-23(22)28-24)13-14-29(25)26(30)32-16-17-5-3-2-4-6-17;1-2-34-25(33)31-10-9-20-21-11-17(26)5-8-22(21)29-23(20)24(31)16-3-6-19(7-4-16)35-13-18(32)12-30-15-27-14-28-30;1-3-27-21(25)24-11-10-16-17-12-14(22)6-9-18(17)23-19(16)20(24)13-4-7-15(26-2)8-5-13/h3-8,17,22,28,31,35-36H,2,9-16,18-19H2,1H3;2-12,15,25,28H,13-14,16H2,1H3;3-8,11,14-15,18,24,29,32H,2,9-10,12-13H2,1H3;3-9,12,20,23H,1,10-11H2,2H3. The molecule has 9 aromatic carbocycles. The summed E-state index contributed by atoms with van der Waals surface area (Å²) in [6, 6.07) is 62.5. The zero-order valence-electron chi connectivity index (χ0n) is 74.1. The van der Waals surface area contributed by atoms with Crippen molar-refractivity contribution in [3.63, 3.8) is 0 Å². The molecule has 0 radical (unpaired) electrons. The van der Waals surface area contributed by atoms with Gasteiger partial charge in [0, 0.05) is 152 Å². The quantitative estimate of drug-likeness (QED) is 0.0231. The summed E-state index contributed by atoms with van der Waals surface area (Å²) in [5, 5.41) is 40.9. The highest BCUT2D eigenvalue weighted by Crippen LogP contribution is 2.46. The fraction of sp³-hybridized carbons (Fsp3) is 0.307. The van der Waals surface area contributed by atoms with Crippen LogP contribution in [0.15, 0.2) is 226 Å². The molecule has 0 spiro atoms. The van der Waals surface area contributed by atoms with Gasteiger partial charge in [-0.1, -0.05) is 132 Å². The van der Waals surface area contributed by atoms with E-state index in [1.807, 2.05) is 207 Å². The van der Waals surface area contributed by atoms with E-state index in [-0.39, 0.29) is 68.9 Å². The molecule has 19 rings (SSSR count). The number of fused-ring (bicyclic) bond motifs is 12. The maximum Gasteiger partial charge on any atom is 0.415 e. The van der Waals surface area contributed by atoms with Gasteiger partial charge in [0.2, 0.25) is 0 Å². The second-order valence-electron chi connectivity index (χ2n) is 32.8. The number of nitrogens with zero attached hydrogens (tertiary/aromatic N) is 9. The number of nitrogens with one attached hydrogen (secondary N) is 4. The molecule has 28 nitrogen and oxygen atoms in total. The molecule has 5 aromatic heterocycles. The lowest BCUT2D eigenvalue weighted by molar-refractivity contribution is 0.0428. The Hall–Kier alpha value is -12.7. The second kappa shape index (κ2) is 43.3. The van der Waals surface area contributed by atoms with Crippen molar-refractivity contribution in [1.29, 1.82) is 0 Å². The Kier molecular flexibility index (Phi) is 30.4. The number of methoxy groups -OCH3 is 2. The molecule has 32 heteroatoms. The van der Waals surface area contributed by atoms with Crippen LogP contribution >= 0.6 is 46.4 Å². The Morgan fingerprint density at radius 2 is 0.789 bits per heavy atom. The minimum atomic E-state index is -0.727. The van der Waals surface area contributed by atoms with Gasteiger partial charge in [-0.15, -0.1) is 0 Å². The number of halogens is 4. The number of rotatable bonds is 23. The first-order valence-corrected chi connectivity index (χ1v) is 45.9. The number of aliphatic hydroxyl groups is 3. The maximum atomic E-state index is 13.2. The number of β-amino-alcohol motifs (C(OH)–C–C–N with tert-alkyl or cyclic N) is 2. The monoisotopic (exact) mass is 1880 g/mol. The van der Waals surface area contributed by atoms with Gasteiger partial charge in [-0.05, 0) is 211 Å². The summed E-state index contributed by atoms with van der Waals surface area (Å²) in [6.07, 6.45) is 4.20. The van der Waals surface area contributed by atoms with Crippen LogP contribution in [0.3, 0.4) is 0 Å². The van der Waals surface area contributed by atoms with Crippen molar-refractivity contribution in [3.8, 4) is 23.0 Å². The van der Waals surface area contributed by atoms with Gasteiger partial charge in [-0.2, -0.15) is 5.10 Å². The molecule has 10 heterocycles. The lowest BCUT2D eigenvalue weighted by Gasteiger charge is -2.35. The van der Waals surface area contributed by atoms with Crippen LogP contribution in [0.2, 0.25) is 20.1 Å². The third kappa shape index (κ3) is 21.6. The van der Waals surface area contributed by atoms with Crippen LogP contribution in [0.4, 0.5) is 19.2 Å². The second-order valence-corrected chi connectivity index (χ2v) is 34.5. The van der Waals surface area contributed by atoms with Crippen LogP contribution in [0.1, 0.15) is 111 Å². The minimum Gasteiger partial charge on any atom is -0.497 e. The van der Waals surface area contributed by atoms with Gasteiger partial charge >= 0.3 is 24.4 Å². The van der Waals surface area contributed by atoms with Crippen molar-refractivity contribution in [2.24, 2.45) is 0 Å². The highest BCUT2D eigenvalue weighted by molar-refractivity contribution is 6.32. The zero-order chi connectivity index (χ0) is 92.8. The Morgan fingerprint density at radius 3 is 1.13 bits per heavy atom. The Bertz CT molecular complexity index is 6350. The Morgan fingerprint density at radius 1 is 0.444 bits per heavy atom. The average Bonchev–Trinajstić information content (AvgIpc) is 1.62. The molecular formula is C101H105Cl4N13O15. The molecule has 1 saturated heterocycles. The molecule has 133 heavy (non-hydrogen) atoms. The fourth-order valence-electron chi connectivity index (χ4n) is 18.3. The van der Waals surface area contributed by atoms with E-state index in [2.05, 4.69) is 46.4 Å². The van der Waals surface area contributed by atoms with E-state index in [0.29, 0.717) is 110 Å². The molecule has 14 aromatic rings. The van der Waals surface area contributed by atoms with Crippen molar-refractivity contribution in [1.82, 2.24) is 64.1 Å². The zero-order valence-corrected chi connectivity index (χ0v) is 77.1. The molecule has 6 atom stereocenters. The number of carbonyl (C=O) groups excluding carboxylic acids is 4. The van der Waals surface area contributed by atoms with E-state index in [0.717, 1.165) is 150 Å². The van der Waals surface area contributed by atoms with Crippen molar-refractivity contribution >= 4 is 114 Å². The van der Waals surface area contributed by atoms with Crippen LogP contribution in [-0.2, 0) is 57.8 Å². The number of aliphatic hydroxyl groups excluding tert-OH is 3. The van der Waals surface area contributed by atoms with E-state index in [1.165, 1.54) is 23.0 Å². The van der Waals surface area contributed by atoms with E-state index in [4.69, 9.17) is 89.4 Å². The third-order valence-electron chi connectivity index (χ3n) is 24.6. The van der Waals surface area contributed by atoms with Gasteiger partial charge in [0.15, 0.2) is 0 Å². The summed E-state index contributed by atoms with van der Waals surface area (Å²) >= 11 is 25.0. The largest absolute Gasteiger partial charge is 0.497 e. The number of carbonyl (C=O) groups is 4. The van der Waals surface area contributed by atoms with Crippen molar-refractivity contribution in [3.05, 3.63) is 319 Å². The molecule has 5 aliphatic heterocycles. The third-order valence-corrected chi connectivity index (χ3v) is 25.5. The van der Waals surface area contributed by atoms with Crippen LogP contribution in [0, 0.1) is 0 Å². The number of ether oxygens (including phenoxy) is 8. The van der Waals surface area contributed by atoms with Crippen LogP contribution in [0.25, 0.3) is 43.6 Å². The number of hydrogen-bond acceptors (Lipinski definition) is 19. The van der Waals surface area contributed by atoms with Gasteiger partial charge < -0.3 is 73.2 Å². The summed E-state index contributed by atoms with van der Waals surface area (Å²) in [4.78, 5) is 80.9. The number of H-pyrrole nitrogens is 4. The van der Waals surface area contributed by atoms with Crippen molar-refractivity contribution in [2.45, 2.75) is 89.1 Å². The number of hydrogen-bond donors (Lipinski definition) is 7. The average molecular weight is 1880 g/mol. The molecule has 0 bridgehead atoms. The van der Waals surface area contributed by atoms with Gasteiger partial charge in [-0.3, -0.25) is 34.1 Å². The maximum absolute atomic E-state index is 13.2. The van der Waals surface area contributed by atoms with E-state index >= 15 is 0 Å². The Labute approximate surface area is 789 Å². The van der Waals surface area contributed by atoms with Crippen LogP contribution < -0.4 is 18.9 Å². The topological polar surface area (TPSA) is 316 Å². The van der Waals surface area contributed by atoms with Gasteiger partial charge in [0.1, 0.15) is 91.8 Å². The number of amides is 4. The van der Waals surface area contributed by atoms with E-state index in [9.17, 15) is 29.4 Å². The molecule has 7 N–H and O–H groups in total. The molecule has 0 saturated carbocycles. The molecule has 0 aliphatic carbocycles. The summed E-state index contributed by atoms with van der Waals surface area (Å²) < 4.78 is 45.3. The summed E-state index contributed by atoms with van der Waals surface area (Å²) in [5.41, 5.74) is 17.3. The first kappa shape index (κ1) is 93.5. The van der Waals surface area contributed by atoms with Gasteiger partial charge in [0.05, 0.1) is 46.8 Å². The molecule has 692 valence electrons. The lowest BCUT2D eigenvalue weighted by atomic mass is 9.92. The number of piperazine rings is 1. The smallest absolute Gasteiger partial charge is 0.415 e. The molecule has 6 unspecified atom stereocenters. The van der Waals surface area contributed by atoms with E-state index < -0.39 is 18.3 Å². The number of aromatic nitrogens is 7.